The fourth-order valence-corrected chi connectivity index (χ4v) is 3.56. The van der Waals surface area contributed by atoms with E-state index in [0.29, 0.717) is 34.5 Å². The molecule has 0 spiro atoms. The van der Waals surface area contributed by atoms with Gasteiger partial charge in [-0.15, -0.1) is 0 Å². The Morgan fingerprint density at radius 3 is 2.62 bits per heavy atom. The first-order valence-electron chi connectivity index (χ1n) is 9.42. The normalized spacial score (nSPS) is 19.3. The second-order valence-electron chi connectivity index (χ2n) is 6.35. The molecular formula is C20H26N4O5. The van der Waals surface area contributed by atoms with Gasteiger partial charge in [-0.3, -0.25) is 4.79 Å². The fraction of sp³-hybridized carbons (Fsp3) is 0.450. The molecule has 1 aromatic carbocycles. The van der Waals surface area contributed by atoms with Crippen LogP contribution in [-0.4, -0.2) is 48.7 Å². The lowest BCUT2D eigenvalue weighted by molar-refractivity contribution is -0.147. The number of benzene rings is 1. The molecular weight excluding hydrogens is 376 g/mol. The molecule has 2 aromatic rings. The number of anilines is 1. The first-order valence-corrected chi connectivity index (χ1v) is 9.42. The minimum atomic E-state index is -0.671. The van der Waals surface area contributed by atoms with Crippen molar-refractivity contribution in [1.82, 2.24) is 14.8 Å². The van der Waals surface area contributed by atoms with Gasteiger partial charge >= 0.3 is 5.97 Å². The lowest BCUT2D eigenvalue weighted by atomic mass is 9.87. The van der Waals surface area contributed by atoms with E-state index in [1.54, 1.807) is 39.0 Å². The molecule has 0 amide bonds. The summed E-state index contributed by atoms with van der Waals surface area (Å²) in [7, 11) is 4.68. The Hall–Kier alpha value is -3.23. The van der Waals surface area contributed by atoms with E-state index in [9.17, 15) is 4.79 Å². The summed E-state index contributed by atoms with van der Waals surface area (Å²) in [5.41, 5.74) is 1.39. The van der Waals surface area contributed by atoms with E-state index in [2.05, 4.69) is 15.4 Å². The van der Waals surface area contributed by atoms with Crippen LogP contribution in [0.1, 0.15) is 31.9 Å². The molecule has 9 nitrogen and oxygen atoms in total. The van der Waals surface area contributed by atoms with Gasteiger partial charge in [0.25, 0.3) is 0 Å². The number of carbonyl (C=O) groups is 1. The quantitative estimate of drug-likeness (QED) is 0.706. The van der Waals surface area contributed by atoms with Gasteiger partial charge < -0.3 is 24.3 Å². The number of ether oxygens (including phenoxy) is 4. The molecule has 0 bridgehead atoms. The number of fused-ring (bicyclic) bond motifs is 1. The van der Waals surface area contributed by atoms with Crippen LogP contribution in [0.15, 0.2) is 30.2 Å². The molecule has 2 atom stereocenters. The highest BCUT2D eigenvalue weighted by Gasteiger charge is 2.43. The summed E-state index contributed by atoms with van der Waals surface area (Å²) < 4.78 is 23.7. The van der Waals surface area contributed by atoms with Gasteiger partial charge in [-0.05, 0) is 19.4 Å². The lowest BCUT2D eigenvalue weighted by Gasteiger charge is -2.34. The molecule has 1 aromatic heterocycles. The highest BCUT2D eigenvalue weighted by atomic mass is 16.5. The van der Waals surface area contributed by atoms with Crippen molar-refractivity contribution in [3.05, 3.63) is 35.8 Å². The van der Waals surface area contributed by atoms with Crippen molar-refractivity contribution in [3.63, 3.8) is 0 Å². The number of allylic oxidation sites excluding steroid dienone is 1. The topological polar surface area (TPSA) is 96.7 Å². The second-order valence-corrected chi connectivity index (χ2v) is 6.35. The maximum Gasteiger partial charge on any atom is 0.317 e. The molecule has 0 fully saturated rings. The Bertz CT molecular complexity index is 908. The van der Waals surface area contributed by atoms with Gasteiger partial charge in [-0.25, -0.2) is 4.68 Å². The maximum absolute atomic E-state index is 13.0. The van der Waals surface area contributed by atoms with Crippen molar-refractivity contribution in [2.45, 2.75) is 26.3 Å². The first kappa shape index (κ1) is 20.5. The summed E-state index contributed by atoms with van der Waals surface area (Å²) in [5, 5.41) is 7.57. The molecule has 29 heavy (non-hydrogen) atoms. The number of aromatic nitrogens is 3. The molecule has 0 saturated carbocycles. The van der Waals surface area contributed by atoms with Crippen LogP contribution in [0.5, 0.6) is 17.2 Å². The van der Waals surface area contributed by atoms with Crippen LogP contribution in [0.4, 0.5) is 5.95 Å². The summed E-state index contributed by atoms with van der Waals surface area (Å²) in [6, 6.07) is 2.98. The van der Waals surface area contributed by atoms with Crippen LogP contribution in [0.3, 0.4) is 0 Å². The zero-order valence-corrected chi connectivity index (χ0v) is 17.3. The predicted octanol–water partition coefficient (Wildman–Crippen LogP) is 2.79. The molecule has 0 radical (unpaired) electrons. The number of esters is 1. The largest absolute Gasteiger partial charge is 0.497 e. The number of rotatable bonds is 7. The second kappa shape index (κ2) is 8.85. The number of carbonyl (C=O) groups excluding carboxylic acids is 1. The van der Waals surface area contributed by atoms with Crippen molar-refractivity contribution in [2.24, 2.45) is 5.92 Å². The Morgan fingerprint density at radius 2 is 2.00 bits per heavy atom. The van der Waals surface area contributed by atoms with Crippen molar-refractivity contribution in [3.8, 4) is 17.2 Å². The highest BCUT2D eigenvalue weighted by Crippen LogP contribution is 2.46. The number of nitrogens with one attached hydrogen (secondary N) is 1. The molecule has 1 aliphatic rings. The van der Waals surface area contributed by atoms with Crippen molar-refractivity contribution >= 4 is 11.9 Å². The molecule has 0 unspecified atom stereocenters. The Morgan fingerprint density at radius 1 is 1.21 bits per heavy atom. The third kappa shape index (κ3) is 3.72. The molecule has 0 saturated heterocycles. The summed E-state index contributed by atoms with van der Waals surface area (Å²) >= 11 is 0. The molecule has 0 aliphatic carbocycles. The molecule has 156 valence electrons. The van der Waals surface area contributed by atoms with Crippen molar-refractivity contribution in [1.29, 1.82) is 0 Å². The summed E-state index contributed by atoms with van der Waals surface area (Å²) in [6.07, 6.45) is 4.13. The Kier molecular flexibility index (Phi) is 6.26. The van der Waals surface area contributed by atoms with E-state index in [1.807, 2.05) is 19.1 Å². The van der Waals surface area contributed by atoms with Gasteiger partial charge in [0.2, 0.25) is 5.95 Å². The van der Waals surface area contributed by atoms with Crippen LogP contribution in [0.2, 0.25) is 0 Å². The zero-order valence-electron chi connectivity index (χ0n) is 17.3. The van der Waals surface area contributed by atoms with E-state index in [-0.39, 0.29) is 12.6 Å². The maximum atomic E-state index is 13.0. The van der Waals surface area contributed by atoms with Gasteiger partial charge in [0, 0.05) is 17.3 Å². The minimum Gasteiger partial charge on any atom is -0.497 e. The molecule has 1 N–H and O–H groups in total. The van der Waals surface area contributed by atoms with Gasteiger partial charge in [0.15, 0.2) is 11.5 Å². The average Bonchev–Trinajstić information content (AvgIpc) is 3.20. The third-order valence-electron chi connectivity index (χ3n) is 4.74. The zero-order chi connectivity index (χ0) is 21.0. The molecule has 2 heterocycles. The SMILES string of the molecule is CC/C=C1\Nc2ncnn2[C@H](c2cc(OC)cc(OC)c2OC)[C@@H]1C(=O)OCC. The minimum absolute atomic E-state index is 0.268. The molecule has 1 aliphatic heterocycles. The molecule has 9 heteroatoms. The fourth-order valence-electron chi connectivity index (χ4n) is 3.56. The van der Waals surface area contributed by atoms with E-state index in [4.69, 9.17) is 18.9 Å². The average molecular weight is 402 g/mol. The summed E-state index contributed by atoms with van der Waals surface area (Å²) in [5.74, 6) is 1.04. The summed E-state index contributed by atoms with van der Waals surface area (Å²) in [4.78, 5) is 17.3. The third-order valence-corrected chi connectivity index (χ3v) is 4.74. The van der Waals surface area contributed by atoms with Crippen LogP contribution in [0, 0.1) is 5.92 Å². The summed E-state index contributed by atoms with van der Waals surface area (Å²) in [6.45, 7) is 4.05. The van der Waals surface area contributed by atoms with E-state index >= 15 is 0 Å². The van der Waals surface area contributed by atoms with Crippen LogP contribution >= 0.6 is 0 Å². The lowest BCUT2D eigenvalue weighted by Crippen LogP contribution is -2.38. The number of nitrogens with zero attached hydrogens (tertiary/aromatic N) is 3. The van der Waals surface area contributed by atoms with Gasteiger partial charge in [0.05, 0.1) is 27.9 Å². The highest BCUT2D eigenvalue weighted by molar-refractivity contribution is 5.79. The number of hydrogen-bond acceptors (Lipinski definition) is 8. The van der Waals surface area contributed by atoms with Crippen molar-refractivity contribution < 1.29 is 23.7 Å². The number of hydrogen-bond donors (Lipinski definition) is 1. The van der Waals surface area contributed by atoms with Crippen molar-refractivity contribution in [2.75, 3.05) is 33.3 Å². The first-order chi connectivity index (χ1) is 14.1. The predicted molar refractivity (Wildman–Crippen MR) is 106 cm³/mol. The molecule has 3 rings (SSSR count). The van der Waals surface area contributed by atoms with E-state index in [1.165, 1.54) is 6.33 Å². The van der Waals surface area contributed by atoms with Gasteiger partial charge in [-0.2, -0.15) is 10.1 Å². The smallest absolute Gasteiger partial charge is 0.317 e. The van der Waals surface area contributed by atoms with E-state index in [0.717, 1.165) is 6.42 Å². The van der Waals surface area contributed by atoms with E-state index < -0.39 is 12.0 Å². The van der Waals surface area contributed by atoms with Gasteiger partial charge in [-0.1, -0.05) is 13.0 Å². The number of methoxy groups -OCH3 is 3. The Labute approximate surface area is 169 Å². The van der Waals surface area contributed by atoms with Gasteiger partial charge in [0.1, 0.15) is 24.0 Å². The van der Waals surface area contributed by atoms with Crippen LogP contribution in [-0.2, 0) is 9.53 Å². The van der Waals surface area contributed by atoms with Crippen LogP contribution in [0.25, 0.3) is 0 Å². The standard InChI is InChI=1S/C20H26N4O5/c1-6-8-14-16(19(25)29-7-2)17(24-20(23-14)21-11-22-24)13-9-12(26-3)10-15(27-4)18(13)28-5/h8-11,16-17H,6-7H2,1-5H3,(H,21,22,23)/b14-8-/t16-,17-/m1/s1. The van der Waals surface area contributed by atoms with Crippen LogP contribution < -0.4 is 19.5 Å². The Balaban J connectivity index is 2.29. The monoisotopic (exact) mass is 402 g/mol.